The van der Waals surface area contributed by atoms with E-state index in [1.165, 1.54) is 0 Å². The average molecular weight is 274 g/mol. The second kappa shape index (κ2) is 5.38. The van der Waals surface area contributed by atoms with E-state index in [4.69, 9.17) is 0 Å². The third-order valence-electron chi connectivity index (χ3n) is 3.99. The Balaban J connectivity index is 1.74. The summed E-state index contributed by atoms with van der Waals surface area (Å²) in [6, 6.07) is 4.50. The lowest BCUT2D eigenvalue weighted by Gasteiger charge is -2.37. The molecule has 0 aliphatic carbocycles. The van der Waals surface area contributed by atoms with Crippen molar-refractivity contribution in [1.29, 1.82) is 0 Å². The molecule has 0 radical (unpaired) electrons. The Hall–Kier alpha value is -1.66. The van der Waals surface area contributed by atoms with Gasteiger partial charge in [0.1, 0.15) is 5.82 Å². The first-order valence-corrected chi connectivity index (χ1v) is 7.07. The summed E-state index contributed by atoms with van der Waals surface area (Å²) in [7, 11) is 4.38. The highest BCUT2D eigenvalue weighted by Crippen LogP contribution is 2.13. The minimum atomic E-state index is 0.521. The summed E-state index contributed by atoms with van der Waals surface area (Å²) in [5.41, 5.74) is 1.90. The van der Waals surface area contributed by atoms with Gasteiger partial charge in [0.2, 0.25) is 0 Å². The van der Waals surface area contributed by atoms with E-state index in [1.54, 1.807) is 6.20 Å². The molecule has 0 unspecified atom stereocenters. The van der Waals surface area contributed by atoms with Gasteiger partial charge < -0.3 is 10.2 Å². The first kappa shape index (κ1) is 13.3. The third kappa shape index (κ3) is 2.62. The van der Waals surface area contributed by atoms with E-state index in [-0.39, 0.29) is 0 Å². The molecule has 2 aromatic heterocycles. The van der Waals surface area contributed by atoms with Gasteiger partial charge in [-0.1, -0.05) is 0 Å². The van der Waals surface area contributed by atoms with Crippen molar-refractivity contribution in [2.75, 3.05) is 45.6 Å². The van der Waals surface area contributed by atoms with Gasteiger partial charge in [-0.25, -0.2) is 4.98 Å². The molecule has 0 spiro atoms. The van der Waals surface area contributed by atoms with Gasteiger partial charge in [0.25, 0.3) is 0 Å². The molecule has 1 N–H and O–H groups in total. The number of hydrogen-bond donors (Lipinski definition) is 1. The molecule has 1 aliphatic heterocycles. The molecule has 6 nitrogen and oxygen atoms in total. The van der Waals surface area contributed by atoms with Crippen LogP contribution in [0.4, 0.5) is 5.82 Å². The van der Waals surface area contributed by atoms with Crippen LogP contribution in [0.1, 0.15) is 5.69 Å². The fraction of sp³-hybridized carbons (Fsp3) is 0.571. The van der Waals surface area contributed by atoms with Crippen molar-refractivity contribution >= 4 is 11.5 Å². The second-order valence-electron chi connectivity index (χ2n) is 5.66. The number of fused-ring (bicyclic) bond motifs is 1. The summed E-state index contributed by atoms with van der Waals surface area (Å²) in [5.74, 6) is 1.01. The van der Waals surface area contributed by atoms with E-state index in [0.29, 0.717) is 6.04 Å². The fourth-order valence-corrected chi connectivity index (χ4v) is 2.71. The molecule has 0 saturated carbocycles. The highest BCUT2D eigenvalue weighted by Gasteiger charge is 2.22. The summed E-state index contributed by atoms with van der Waals surface area (Å²) in [5, 5.41) is 7.85. The lowest BCUT2D eigenvalue weighted by atomic mass is 10.2. The molecule has 1 fully saturated rings. The lowest BCUT2D eigenvalue weighted by molar-refractivity contribution is 0.122. The molecule has 1 saturated heterocycles. The van der Waals surface area contributed by atoms with Crippen LogP contribution in [0.15, 0.2) is 18.3 Å². The highest BCUT2D eigenvalue weighted by molar-refractivity contribution is 5.48. The number of likely N-dealkylation sites (N-methyl/N-ethyl adjacent to an activating group) is 2. The van der Waals surface area contributed by atoms with Crippen LogP contribution < -0.4 is 5.32 Å². The molecule has 0 bridgehead atoms. The van der Waals surface area contributed by atoms with Gasteiger partial charge in [-0.3, -0.25) is 4.90 Å². The van der Waals surface area contributed by atoms with E-state index >= 15 is 0 Å². The number of nitrogens with zero attached hydrogens (tertiary/aromatic N) is 5. The van der Waals surface area contributed by atoms with Gasteiger partial charge in [0.15, 0.2) is 5.65 Å². The average Bonchev–Trinajstić information content (AvgIpc) is 2.87. The van der Waals surface area contributed by atoms with Crippen LogP contribution in [0.5, 0.6) is 0 Å². The van der Waals surface area contributed by atoms with Crippen molar-refractivity contribution in [1.82, 2.24) is 24.4 Å². The zero-order valence-electron chi connectivity index (χ0n) is 12.4. The molecule has 2 aromatic rings. The summed E-state index contributed by atoms with van der Waals surface area (Å²) >= 11 is 0. The summed E-state index contributed by atoms with van der Waals surface area (Å²) < 4.78 is 1.86. The molecule has 3 rings (SSSR count). The fourth-order valence-electron chi connectivity index (χ4n) is 2.71. The molecule has 6 heteroatoms. The topological polar surface area (TPSA) is 48.7 Å². The molecule has 0 aromatic carbocycles. The van der Waals surface area contributed by atoms with Crippen LogP contribution >= 0.6 is 0 Å². The Labute approximate surface area is 119 Å². The molecule has 1 aliphatic rings. The predicted molar refractivity (Wildman–Crippen MR) is 80.1 cm³/mol. The van der Waals surface area contributed by atoms with E-state index < -0.39 is 0 Å². The largest absolute Gasteiger partial charge is 0.368 e. The van der Waals surface area contributed by atoms with Crippen LogP contribution in [0.25, 0.3) is 5.65 Å². The van der Waals surface area contributed by atoms with Crippen LogP contribution in [0.3, 0.4) is 0 Å². The standard InChI is InChI=1S/C14H22N6/c1-11-8-14(20-13(17-11)4-5-16-20)15-9-12-10-18(2)6-7-19(12)3/h4-5,8,12,15H,6-7,9-10H2,1-3H3/t12-/m1/s1. The Morgan fingerprint density at radius 1 is 1.35 bits per heavy atom. The molecule has 0 amide bonds. The van der Waals surface area contributed by atoms with Crippen LogP contribution in [-0.2, 0) is 0 Å². The van der Waals surface area contributed by atoms with Crippen LogP contribution in [0, 0.1) is 6.92 Å². The first-order chi connectivity index (χ1) is 9.63. The molecule has 20 heavy (non-hydrogen) atoms. The van der Waals surface area contributed by atoms with E-state index in [1.807, 2.05) is 23.6 Å². The highest BCUT2D eigenvalue weighted by atomic mass is 15.3. The van der Waals surface area contributed by atoms with Gasteiger partial charge in [0, 0.05) is 50.0 Å². The normalized spacial score (nSPS) is 21.4. The Morgan fingerprint density at radius 3 is 3.05 bits per heavy atom. The van der Waals surface area contributed by atoms with Crippen molar-refractivity contribution < 1.29 is 0 Å². The minimum Gasteiger partial charge on any atom is -0.368 e. The predicted octanol–water partition coefficient (Wildman–Crippen LogP) is 0.695. The number of aryl methyl sites for hydroxylation is 1. The van der Waals surface area contributed by atoms with Gasteiger partial charge in [-0.2, -0.15) is 9.61 Å². The van der Waals surface area contributed by atoms with E-state index in [0.717, 1.165) is 43.3 Å². The van der Waals surface area contributed by atoms with E-state index in [2.05, 4.69) is 39.3 Å². The van der Waals surface area contributed by atoms with Crippen LogP contribution in [0.2, 0.25) is 0 Å². The number of nitrogens with one attached hydrogen (secondary N) is 1. The van der Waals surface area contributed by atoms with Gasteiger partial charge in [-0.05, 0) is 21.0 Å². The maximum atomic E-state index is 4.46. The van der Waals surface area contributed by atoms with Crippen molar-refractivity contribution in [2.45, 2.75) is 13.0 Å². The number of hydrogen-bond acceptors (Lipinski definition) is 5. The summed E-state index contributed by atoms with van der Waals surface area (Å²) in [6.07, 6.45) is 1.79. The number of anilines is 1. The maximum absolute atomic E-state index is 4.46. The van der Waals surface area contributed by atoms with Crippen molar-refractivity contribution in [3.8, 4) is 0 Å². The molecule has 108 valence electrons. The molecule has 1 atom stereocenters. The number of rotatable bonds is 3. The van der Waals surface area contributed by atoms with Crippen molar-refractivity contribution in [2.24, 2.45) is 0 Å². The third-order valence-corrected chi connectivity index (χ3v) is 3.99. The summed E-state index contributed by atoms with van der Waals surface area (Å²) in [4.78, 5) is 9.26. The Bertz CT molecular complexity index is 592. The smallest absolute Gasteiger partial charge is 0.157 e. The van der Waals surface area contributed by atoms with Gasteiger partial charge in [-0.15, -0.1) is 0 Å². The zero-order valence-corrected chi connectivity index (χ0v) is 12.4. The quantitative estimate of drug-likeness (QED) is 0.892. The summed E-state index contributed by atoms with van der Waals surface area (Å²) in [6.45, 7) is 6.29. The molecular formula is C14H22N6. The molecular weight excluding hydrogens is 252 g/mol. The number of piperazine rings is 1. The Kier molecular flexibility index (Phi) is 3.58. The van der Waals surface area contributed by atoms with Crippen molar-refractivity contribution in [3.63, 3.8) is 0 Å². The maximum Gasteiger partial charge on any atom is 0.157 e. The second-order valence-corrected chi connectivity index (χ2v) is 5.66. The first-order valence-electron chi connectivity index (χ1n) is 7.07. The molecule has 3 heterocycles. The van der Waals surface area contributed by atoms with Crippen LogP contribution in [-0.4, -0.2) is 70.7 Å². The number of aromatic nitrogens is 3. The Morgan fingerprint density at radius 2 is 2.20 bits per heavy atom. The van der Waals surface area contributed by atoms with Gasteiger partial charge >= 0.3 is 0 Å². The minimum absolute atomic E-state index is 0.521. The monoisotopic (exact) mass is 274 g/mol. The van der Waals surface area contributed by atoms with Gasteiger partial charge in [0.05, 0.1) is 6.20 Å². The lowest BCUT2D eigenvalue weighted by Crippen LogP contribution is -2.52. The van der Waals surface area contributed by atoms with Crippen molar-refractivity contribution in [3.05, 3.63) is 24.0 Å². The zero-order chi connectivity index (χ0) is 14.1. The van der Waals surface area contributed by atoms with E-state index in [9.17, 15) is 0 Å². The SMILES string of the molecule is Cc1cc(NC[C@@H]2CN(C)CCN2C)n2nccc2n1.